The monoisotopic (exact) mass is 274 g/mol. The van der Waals surface area contributed by atoms with Gasteiger partial charge in [0.25, 0.3) is 0 Å². The minimum atomic E-state index is -0.157. The molecule has 1 aromatic carbocycles. The summed E-state index contributed by atoms with van der Waals surface area (Å²) in [6, 6.07) is 7.16. The lowest BCUT2D eigenvalue weighted by molar-refractivity contribution is -0.116. The molecule has 0 saturated carbocycles. The fourth-order valence-corrected chi connectivity index (χ4v) is 1.70. The normalized spacial score (nSPS) is 12.4. The van der Waals surface area contributed by atoms with Crippen LogP contribution in [0.25, 0.3) is 5.69 Å². The van der Waals surface area contributed by atoms with Crippen LogP contribution in [-0.2, 0) is 4.79 Å². The summed E-state index contributed by atoms with van der Waals surface area (Å²) in [5.41, 5.74) is 7.27. The zero-order valence-electron chi connectivity index (χ0n) is 11.5. The number of tetrazole rings is 1. The fourth-order valence-electron chi connectivity index (χ4n) is 1.70. The van der Waals surface area contributed by atoms with Crippen LogP contribution in [0.15, 0.2) is 30.6 Å². The Kier molecular flexibility index (Phi) is 4.41. The van der Waals surface area contributed by atoms with Crippen molar-refractivity contribution in [3.63, 3.8) is 0 Å². The molecule has 7 nitrogen and oxygen atoms in total. The van der Waals surface area contributed by atoms with Crippen LogP contribution in [-0.4, -0.2) is 32.2 Å². The summed E-state index contributed by atoms with van der Waals surface area (Å²) in [7, 11) is 0. The first-order chi connectivity index (χ1) is 9.58. The Bertz CT molecular complexity index is 566. The minimum absolute atomic E-state index is 0.119. The van der Waals surface area contributed by atoms with Crippen LogP contribution in [0, 0.1) is 5.92 Å². The van der Waals surface area contributed by atoms with Gasteiger partial charge in [-0.25, -0.2) is 0 Å². The van der Waals surface area contributed by atoms with Crippen molar-refractivity contribution in [2.45, 2.75) is 26.3 Å². The number of rotatable bonds is 5. The van der Waals surface area contributed by atoms with Gasteiger partial charge in [0.05, 0.1) is 11.4 Å². The number of para-hydroxylation sites is 2. The third-order valence-electron chi connectivity index (χ3n) is 3.05. The van der Waals surface area contributed by atoms with Crippen molar-refractivity contribution in [2.24, 2.45) is 11.7 Å². The molecule has 0 fully saturated rings. The number of aromatic nitrogens is 4. The van der Waals surface area contributed by atoms with Crippen LogP contribution in [0.1, 0.15) is 20.3 Å². The maximum absolute atomic E-state index is 12.0. The van der Waals surface area contributed by atoms with E-state index in [1.165, 1.54) is 11.0 Å². The lowest BCUT2D eigenvalue weighted by Crippen LogP contribution is -2.31. The molecule has 1 heterocycles. The molecule has 7 heteroatoms. The Morgan fingerprint density at radius 1 is 1.40 bits per heavy atom. The number of nitrogens with zero attached hydrogens (tertiary/aromatic N) is 4. The molecule has 0 spiro atoms. The summed E-state index contributed by atoms with van der Waals surface area (Å²) >= 11 is 0. The Hall–Kier alpha value is -2.28. The maximum Gasteiger partial charge on any atom is 0.226 e. The maximum atomic E-state index is 12.0. The number of nitrogens with two attached hydrogens (primary N) is 1. The topological polar surface area (TPSA) is 98.7 Å². The summed E-state index contributed by atoms with van der Waals surface area (Å²) in [5.74, 6) is 0.141. The first kappa shape index (κ1) is 14.1. The van der Waals surface area contributed by atoms with E-state index in [0.717, 1.165) is 0 Å². The second-order valence-electron chi connectivity index (χ2n) is 4.93. The first-order valence-electron chi connectivity index (χ1n) is 6.45. The molecule has 106 valence electrons. The summed E-state index contributed by atoms with van der Waals surface area (Å²) in [4.78, 5) is 12.0. The van der Waals surface area contributed by atoms with Crippen molar-refractivity contribution in [1.82, 2.24) is 20.2 Å². The molecule has 1 atom stereocenters. The predicted octanol–water partition coefficient (Wildman–Crippen LogP) is 0.974. The molecule has 0 aliphatic carbocycles. The van der Waals surface area contributed by atoms with Gasteiger partial charge < -0.3 is 11.1 Å². The second-order valence-corrected chi connectivity index (χ2v) is 4.93. The van der Waals surface area contributed by atoms with Gasteiger partial charge in [-0.3, -0.25) is 4.79 Å². The van der Waals surface area contributed by atoms with Crippen molar-refractivity contribution in [3.05, 3.63) is 30.6 Å². The summed E-state index contributed by atoms with van der Waals surface area (Å²) in [6.45, 7) is 3.99. The highest BCUT2D eigenvalue weighted by Gasteiger charge is 2.14. The van der Waals surface area contributed by atoms with Gasteiger partial charge in [-0.2, -0.15) is 4.68 Å². The lowest BCUT2D eigenvalue weighted by Gasteiger charge is -2.16. The van der Waals surface area contributed by atoms with E-state index in [2.05, 4.69) is 20.8 Å². The van der Waals surface area contributed by atoms with E-state index in [-0.39, 0.29) is 24.3 Å². The number of benzene rings is 1. The molecule has 0 saturated heterocycles. The molecule has 1 aromatic heterocycles. The Morgan fingerprint density at radius 3 is 2.80 bits per heavy atom. The highest BCUT2D eigenvalue weighted by Crippen LogP contribution is 2.19. The molecular weight excluding hydrogens is 256 g/mol. The number of hydrogen-bond acceptors (Lipinski definition) is 5. The van der Waals surface area contributed by atoms with E-state index in [1.807, 2.05) is 32.0 Å². The minimum Gasteiger partial charge on any atom is -0.327 e. The van der Waals surface area contributed by atoms with Gasteiger partial charge in [-0.05, 0) is 28.5 Å². The van der Waals surface area contributed by atoms with Gasteiger partial charge in [0, 0.05) is 12.5 Å². The van der Waals surface area contributed by atoms with Gasteiger partial charge in [-0.1, -0.05) is 26.0 Å². The van der Waals surface area contributed by atoms with E-state index < -0.39 is 0 Å². The van der Waals surface area contributed by atoms with Crippen LogP contribution in [0.4, 0.5) is 5.69 Å². The predicted molar refractivity (Wildman–Crippen MR) is 75.2 cm³/mol. The van der Waals surface area contributed by atoms with Crippen LogP contribution in [0.5, 0.6) is 0 Å². The second kappa shape index (κ2) is 6.25. The number of amides is 1. The lowest BCUT2D eigenvalue weighted by atomic mass is 10.0. The van der Waals surface area contributed by atoms with E-state index in [0.29, 0.717) is 11.4 Å². The number of carbonyl (C=O) groups excluding carboxylic acids is 1. The van der Waals surface area contributed by atoms with E-state index >= 15 is 0 Å². The standard InChI is InChI=1S/C13H18N6O/c1-9(2)10(14)7-13(20)16-11-5-3-4-6-12(11)19-8-15-17-18-19/h3-6,8-10H,7,14H2,1-2H3,(H,16,20). The average molecular weight is 274 g/mol. The van der Waals surface area contributed by atoms with E-state index in [1.54, 1.807) is 6.07 Å². The molecule has 0 aliphatic heterocycles. The van der Waals surface area contributed by atoms with Crippen molar-refractivity contribution < 1.29 is 4.79 Å². The fraction of sp³-hybridized carbons (Fsp3) is 0.385. The number of carbonyl (C=O) groups is 1. The number of nitrogens with one attached hydrogen (secondary N) is 1. The number of hydrogen-bond donors (Lipinski definition) is 2. The molecule has 2 aromatic rings. The Morgan fingerprint density at radius 2 is 2.15 bits per heavy atom. The molecule has 0 radical (unpaired) electrons. The zero-order chi connectivity index (χ0) is 14.5. The molecular formula is C13H18N6O. The molecule has 0 bridgehead atoms. The highest BCUT2D eigenvalue weighted by atomic mass is 16.1. The smallest absolute Gasteiger partial charge is 0.226 e. The van der Waals surface area contributed by atoms with Gasteiger partial charge in [0.15, 0.2) is 0 Å². The van der Waals surface area contributed by atoms with Crippen molar-refractivity contribution in [3.8, 4) is 5.69 Å². The van der Waals surface area contributed by atoms with Gasteiger partial charge >= 0.3 is 0 Å². The van der Waals surface area contributed by atoms with Crippen LogP contribution in [0.2, 0.25) is 0 Å². The van der Waals surface area contributed by atoms with Crippen LogP contribution in [0.3, 0.4) is 0 Å². The quantitative estimate of drug-likeness (QED) is 0.846. The molecule has 1 amide bonds. The van der Waals surface area contributed by atoms with Gasteiger partial charge in [0.2, 0.25) is 5.91 Å². The van der Waals surface area contributed by atoms with Gasteiger partial charge in [-0.15, -0.1) is 5.10 Å². The Balaban J connectivity index is 2.12. The van der Waals surface area contributed by atoms with Crippen LogP contribution < -0.4 is 11.1 Å². The van der Waals surface area contributed by atoms with Crippen LogP contribution >= 0.6 is 0 Å². The van der Waals surface area contributed by atoms with Crippen molar-refractivity contribution in [2.75, 3.05) is 5.32 Å². The number of anilines is 1. The summed E-state index contributed by atoms with van der Waals surface area (Å²) in [6.07, 6.45) is 1.76. The SMILES string of the molecule is CC(C)C(N)CC(=O)Nc1ccccc1-n1cnnn1. The average Bonchev–Trinajstić information content (AvgIpc) is 2.92. The zero-order valence-corrected chi connectivity index (χ0v) is 11.5. The molecule has 1 unspecified atom stereocenters. The van der Waals surface area contributed by atoms with Crippen molar-refractivity contribution in [1.29, 1.82) is 0 Å². The highest BCUT2D eigenvalue weighted by molar-refractivity contribution is 5.93. The van der Waals surface area contributed by atoms with E-state index in [4.69, 9.17) is 5.73 Å². The first-order valence-corrected chi connectivity index (χ1v) is 6.45. The third kappa shape index (κ3) is 3.39. The molecule has 20 heavy (non-hydrogen) atoms. The molecule has 2 rings (SSSR count). The summed E-state index contributed by atoms with van der Waals surface area (Å²) < 4.78 is 1.50. The molecule has 3 N–H and O–H groups in total. The third-order valence-corrected chi connectivity index (χ3v) is 3.05. The van der Waals surface area contributed by atoms with E-state index in [9.17, 15) is 4.79 Å². The van der Waals surface area contributed by atoms with Crippen molar-refractivity contribution >= 4 is 11.6 Å². The molecule has 0 aliphatic rings. The largest absolute Gasteiger partial charge is 0.327 e. The van der Waals surface area contributed by atoms with Gasteiger partial charge in [0.1, 0.15) is 6.33 Å². The summed E-state index contributed by atoms with van der Waals surface area (Å²) in [5, 5.41) is 13.9. The Labute approximate surface area is 117 Å².